The molecule has 0 saturated heterocycles. The molecule has 0 aliphatic carbocycles. The molecule has 1 aromatic carbocycles. The SMILES string of the molecule is CCCOC(=S)Oc1ccc(C)cc1. The predicted octanol–water partition coefficient (Wildman–Crippen LogP) is 3.09. The Kier molecular flexibility index (Phi) is 4.40. The fourth-order valence-electron chi connectivity index (χ4n) is 0.917. The molecule has 0 radical (unpaired) electrons. The molecular weight excluding hydrogens is 196 g/mol. The first-order valence-corrected chi connectivity index (χ1v) is 5.04. The van der Waals surface area contributed by atoms with Gasteiger partial charge < -0.3 is 9.47 Å². The number of aryl methyl sites for hydroxylation is 1. The van der Waals surface area contributed by atoms with Gasteiger partial charge in [-0.2, -0.15) is 0 Å². The van der Waals surface area contributed by atoms with E-state index in [2.05, 4.69) is 0 Å². The number of hydrogen-bond donors (Lipinski definition) is 0. The maximum absolute atomic E-state index is 5.28. The van der Waals surface area contributed by atoms with Crippen LogP contribution in [0.1, 0.15) is 18.9 Å². The van der Waals surface area contributed by atoms with Gasteiger partial charge in [0.1, 0.15) is 5.75 Å². The van der Waals surface area contributed by atoms with Crippen molar-refractivity contribution >= 4 is 17.5 Å². The van der Waals surface area contributed by atoms with Crippen LogP contribution in [-0.4, -0.2) is 11.8 Å². The van der Waals surface area contributed by atoms with Crippen molar-refractivity contribution in [1.29, 1.82) is 0 Å². The van der Waals surface area contributed by atoms with E-state index in [1.165, 1.54) is 5.56 Å². The maximum Gasteiger partial charge on any atom is 0.357 e. The number of thiocarbonyl (C=S) groups is 1. The molecule has 0 atom stereocenters. The summed E-state index contributed by atoms with van der Waals surface area (Å²) in [7, 11) is 0. The maximum atomic E-state index is 5.28. The first-order valence-electron chi connectivity index (χ1n) is 4.63. The van der Waals surface area contributed by atoms with Crippen molar-refractivity contribution in [3.05, 3.63) is 29.8 Å². The minimum Gasteiger partial charge on any atom is -0.457 e. The van der Waals surface area contributed by atoms with Gasteiger partial charge in [0.2, 0.25) is 0 Å². The van der Waals surface area contributed by atoms with Gasteiger partial charge in [0.25, 0.3) is 0 Å². The van der Waals surface area contributed by atoms with E-state index < -0.39 is 0 Å². The van der Waals surface area contributed by atoms with Crippen molar-refractivity contribution in [2.24, 2.45) is 0 Å². The molecule has 0 aliphatic rings. The van der Waals surface area contributed by atoms with E-state index in [0.717, 1.165) is 12.2 Å². The molecule has 1 aromatic rings. The van der Waals surface area contributed by atoms with Crippen LogP contribution in [-0.2, 0) is 4.74 Å². The van der Waals surface area contributed by atoms with Crippen molar-refractivity contribution in [3.8, 4) is 5.75 Å². The van der Waals surface area contributed by atoms with Crippen molar-refractivity contribution in [2.45, 2.75) is 20.3 Å². The molecule has 1 rings (SSSR count). The molecule has 0 aromatic heterocycles. The largest absolute Gasteiger partial charge is 0.457 e. The summed E-state index contributed by atoms with van der Waals surface area (Å²) in [5.41, 5.74) is 1.19. The molecule has 14 heavy (non-hydrogen) atoms. The Morgan fingerprint density at radius 3 is 2.50 bits per heavy atom. The highest BCUT2D eigenvalue weighted by atomic mass is 32.1. The molecule has 0 amide bonds. The van der Waals surface area contributed by atoms with Gasteiger partial charge >= 0.3 is 5.24 Å². The lowest BCUT2D eigenvalue weighted by molar-refractivity contribution is 0.248. The van der Waals surface area contributed by atoms with Gasteiger partial charge in [-0.15, -0.1) is 0 Å². The van der Waals surface area contributed by atoms with E-state index in [1.54, 1.807) is 0 Å². The van der Waals surface area contributed by atoms with Gasteiger partial charge in [-0.1, -0.05) is 24.6 Å². The third kappa shape index (κ3) is 3.75. The molecule has 0 spiro atoms. The quantitative estimate of drug-likeness (QED) is 0.714. The molecule has 0 N–H and O–H groups in total. The summed E-state index contributed by atoms with van der Waals surface area (Å²) in [4.78, 5) is 0. The Balaban J connectivity index is 2.44. The topological polar surface area (TPSA) is 18.5 Å². The molecule has 0 saturated carbocycles. The van der Waals surface area contributed by atoms with Crippen LogP contribution in [0.25, 0.3) is 0 Å². The molecule has 0 bridgehead atoms. The van der Waals surface area contributed by atoms with Gasteiger partial charge in [0.05, 0.1) is 6.61 Å². The van der Waals surface area contributed by atoms with Crippen molar-refractivity contribution in [2.75, 3.05) is 6.61 Å². The molecule has 76 valence electrons. The Labute approximate surface area is 89.8 Å². The van der Waals surface area contributed by atoms with Gasteiger partial charge in [0.15, 0.2) is 0 Å². The second-order valence-corrected chi connectivity index (χ2v) is 3.35. The summed E-state index contributed by atoms with van der Waals surface area (Å²) >= 11 is 4.89. The molecule has 2 nitrogen and oxygen atoms in total. The van der Waals surface area contributed by atoms with Gasteiger partial charge in [-0.05, 0) is 25.5 Å². The zero-order chi connectivity index (χ0) is 10.4. The van der Waals surface area contributed by atoms with Crippen LogP contribution in [0.3, 0.4) is 0 Å². The van der Waals surface area contributed by atoms with Gasteiger partial charge in [-0.3, -0.25) is 0 Å². The molecular formula is C11H14O2S. The first-order chi connectivity index (χ1) is 6.72. The number of hydrogen-bond acceptors (Lipinski definition) is 3. The van der Waals surface area contributed by atoms with Crippen LogP contribution in [0.2, 0.25) is 0 Å². The van der Waals surface area contributed by atoms with Crippen LogP contribution in [0.5, 0.6) is 5.75 Å². The zero-order valence-corrected chi connectivity index (χ0v) is 9.26. The van der Waals surface area contributed by atoms with E-state index in [9.17, 15) is 0 Å². The number of ether oxygens (including phenoxy) is 2. The highest BCUT2D eigenvalue weighted by Gasteiger charge is 1.99. The lowest BCUT2D eigenvalue weighted by Crippen LogP contribution is -2.10. The summed E-state index contributed by atoms with van der Waals surface area (Å²) in [6, 6.07) is 7.68. The van der Waals surface area contributed by atoms with E-state index in [1.807, 2.05) is 38.1 Å². The average Bonchev–Trinajstić information content (AvgIpc) is 2.18. The summed E-state index contributed by atoms with van der Waals surface area (Å²) in [5.74, 6) is 0.719. The Morgan fingerprint density at radius 2 is 1.93 bits per heavy atom. The monoisotopic (exact) mass is 210 g/mol. The fraction of sp³-hybridized carbons (Fsp3) is 0.364. The lowest BCUT2D eigenvalue weighted by atomic mass is 10.2. The van der Waals surface area contributed by atoms with Crippen LogP contribution >= 0.6 is 12.2 Å². The molecule has 0 fully saturated rings. The Morgan fingerprint density at radius 1 is 1.29 bits per heavy atom. The highest BCUT2D eigenvalue weighted by molar-refractivity contribution is 7.79. The lowest BCUT2D eigenvalue weighted by Gasteiger charge is -2.07. The van der Waals surface area contributed by atoms with Gasteiger partial charge in [-0.25, -0.2) is 0 Å². The molecule has 0 aliphatic heterocycles. The second kappa shape index (κ2) is 5.60. The van der Waals surface area contributed by atoms with E-state index in [-0.39, 0.29) is 5.24 Å². The number of rotatable bonds is 3. The number of benzene rings is 1. The first kappa shape index (κ1) is 11.0. The van der Waals surface area contributed by atoms with Crippen molar-refractivity contribution in [1.82, 2.24) is 0 Å². The third-order valence-electron chi connectivity index (χ3n) is 1.65. The minimum atomic E-state index is 0.190. The summed E-state index contributed by atoms with van der Waals surface area (Å²) in [6.45, 7) is 4.65. The second-order valence-electron chi connectivity index (χ2n) is 3.01. The van der Waals surface area contributed by atoms with E-state index >= 15 is 0 Å². The Hall–Kier alpha value is -1.09. The van der Waals surface area contributed by atoms with Crippen LogP contribution in [0.15, 0.2) is 24.3 Å². The Bertz CT molecular complexity index is 293. The van der Waals surface area contributed by atoms with Crippen molar-refractivity contribution < 1.29 is 9.47 Å². The summed E-state index contributed by atoms with van der Waals surface area (Å²) in [5, 5.41) is 0.190. The smallest absolute Gasteiger partial charge is 0.357 e. The molecule has 0 heterocycles. The zero-order valence-electron chi connectivity index (χ0n) is 8.45. The minimum absolute atomic E-state index is 0.190. The molecule has 3 heteroatoms. The third-order valence-corrected chi connectivity index (χ3v) is 1.85. The van der Waals surface area contributed by atoms with Crippen LogP contribution in [0.4, 0.5) is 0 Å². The summed E-state index contributed by atoms with van der Waals surface area (Å²) < 4.78 is 10.4. The molecule has 0 unspecified atom stereocenters. The summed E-state index contributed by atoms with van der Waals surface area (Å²) in [6.07, 6.45) is 0.928. The fourth-order valence-corrected chi connectivity index (χ4v) is 1.10. The van der Waals surface area contributed by atoms with Gasteiger partial charge in [0, 0.05) is 12.2 Å². The van der Waals surface area contributed by atoms with Crippen molar-refractivity contribution in [3.63, 3.8) is 0 Å². The van der Waals surface area contributed by atoms with E-state index in [4.69, 9.17) is 21.7 Å². The van der Waals surface area contributed by atoms with Crippen LogP contribution < -0.4 is 4.74 Å². The predicted molar refractivity (Wildman–Crippen MR) is 60.6 cm³/mol. The standard InChI is InChI=1S/C11H14O2S/c1-3-8-12-11(14)13-10-6-4-9(2)5-7-10/h4-7H,3,8H2,1-2H3. The van der Waals surface area contributed by atoms with E-state index in [0.29, 0.717) is 6.61 Å². The highest BCUT2D eigenvalue weighted by Crippen LogP contribution is 2.12. The normalized spacial score (nSPS) is 9.57. The van der Waals surface area contributed by atoms with Crippen LogP contribution in [0, 0.1) is 6.92 Å². The average molecular weight is 210 g/mol.